The molecule has 3 rings (SSSR count). The summed E-state index contributed by atoms with van der Waals surface area (Å²) >= 11 is 5.98. The highest BCUT2D eigenvalue weighted by molar-refractivity contribution is 6.28. The average molecular weight is 331 g/mol. The zero-order valence-corrected chi connectivity index (χ0v) is 13.2. The van der Waals surface area contributed by atoms with Crippen molar-refractivity contribution in [3.63, 3.8) is 0 Å². The number of H-pyrrole nitrogens is 1. The van der Waals surface area contributed by atoms with E-state index in [0.29, 0.717) is 23.8 Å². The van der Waals surface area contributed by atoms with Crippen LogP contribution in [0.4, 0.5) is 11.5 Å². The molecule has 0 aliphatic heterocycles. The van der Waals surface area contributed by atoms with Crippen LogP contribution < -0.4 is 5.32 Å². The predicted octanol–water partition coefficient (Wildman–Crippen LogP) is 3.46. The number of fused-ring (bicyclic) bond motifs is 1. The van der Waals surface area contributed by atoms with Crippen LogP contribution in [0.2, 0.25) is 5.28 Å². The van der Waals surface area contributed by atoms with E-state index in [1.165, 1.54) is 0 Å². The highest BCUT2D eigenvalue weighted by Gasteiger charge is 2.13. The maximum atomic E-state index is 11.6. The number of para-hydroxylation sites is 1. The number of benzene rings is 1. The van der Waals surface area contributed by atoms with E-state index in [0.717, 1.165) is 11.1 Å². The summed E-state index contributed by atoms with van der Waals surface area (Å²) in [6.07, 6.45) is 0.145. The lowest BCUT2D eigenvalue weighted by Gasteiger charge is -2.06. The van der Waals surface area contributed by atoms with Crippen molar-refractivity contribution >= 4 is 40.1 Å². The van der Waals surface area contributed by atoms with Crippen LogP contribution in [0, 0.1) is 0 Å². The smallest absolute Gasteiger partial charge is 0.311 e. The van der Waals surface area contributed by atoms with Gasteiger partial charge in [0.05, 0.1) is 18.4 Å². The molecule has 23 heavy (non-hydrogen) atoms. The number of hydrogen-bond acceptors (Lipinski definition) is 5. The Morgan fingerprint density at radius 2 is 2.09 bits per heavy atom. The van der Waals surface area contributed by atoms with Gasteiger partial charge >= 0.3 is 5.97 Å². The van der Waals surface area contributed by atoms with Crippen LogP contribution in [0.1, 0.15) is 12.6 Å². The van der Waals surface area contributed by atoms with Crippen LogP contribution >= 0.6 is 11.6 Å². The van der Waals surface area contributed by atoms with Crippen molar-refractivity contribution in [2.75, 3.05) is 11.9 Å². The fourth-order valence-electron chi connectivity index (χ4n) is 2.25. The zero-order valence-electron chi connectivity index (χ0n) is 12.5. The Morgan fingerprint density at radius 1 is 1.30 bits per heavy atom. The summed E-state index contributed by atoms with van der Waals surface area (Å²) < 4.78 is 4.95. The van der Waals surface area contributed by atoms with Gasteiger partial charge in [0.2, 0.25) is 5.28 Å². The number of nitrogens with one attached hydrogen (secondary N) is 2. The summed E-state index contributed by atoms with van der Waals surface area (Å²) in [5.41, 5.74) is 2.16. The van der Waals surface area contributed by atoms with Gasteiger partial charge in [-0.25, -0.2) is 0 Å². The van der Waals surface area contributed by atoms with Crippen LogP contribution in [0.5, 0.6) is 0 Å². The van der Waals surface area contributed by atoms with Crippen molar-refractivity contribution in [1.82, 2.24) is 15.0 Å². The highest BCUT2D eigenvalue weighted by Crippen LogP contribution is 2.26. The number of anilines is 2. The average Bonchev–Trinajstić information content (AvgIpc) is 2.90. The Kier molecular flexibility index (Phi) is 4.43. The Morgan fingerprint density at radius 3 is 2.83 bits per heavy atom. The minimum absolute atomic E-state index is 0.125. The van der Waals surface area contributed by atoms with E-state index in [2.05, 4.69) is 20.3 Å². The third-order valence-corrected chi connectivity index (χ3v) is 3.36. The minimum Gasteiger partial charge on any atom is -0.466 e. The quantitative estimate of drug-likeness (QED) is 0.553. The van der Waals surface area contributed by atoms with Gasteiger partial charge in [0.15, 0.2) is 0 Å². The molecular formula is C16H15ClN4O2. The van der Waals surface area contributed by atoms with Gasteiger partial charge in [-0.2, -0.15) is 9.97 Å². The van der Waals surface area contributed by atoms with Gasteiger partial charge in [0.25, 0.3) is 0 Å². The third-order valence-electron chi connectivity index (χ3n) is 3.19. The van der Waals surface area contributed by atoms with Gasteiger partial charge in [-0.1, -0.05) is 18.2 Å². The molecule has 0 spiro atoms. The first-order valence-electron chi connectivity index (χ1n) is 7.18. The van der Waals surface area contributed by atoms with Crippen molar-refractivity contribution in [2.45, 2.75) is 13.3 Å². The van der Waals surface area contributed by atoms with Crippen molar-refractivity contribution in [3.8, 4) is 0 Å². The molecule has 0 bridgehead atoms. The molecule has 6 nitrogen and oxygen atoms in total. The molecule has 2 heterocycles. The first-order valence-corrected chi connectivity index (χ1v) is 7.56. The van der Waals surface area contributed by atoms with Gasteiger partial charge in [0, 0.05) is 11.4 Å². The largest absolute Gasteiger partial charge is 0.466 e. The number of halogens is 1. The lowest BCUT2D eigenvalue weighted by atomic mass is 10.2. The van der Waals surface area contributed by atoms with Gasteiger partial charge < -0.3 is 15.0 Å². The van der Waals surface area contributed by atoms with Crippen LogP contribution in [-0.4, -0.2) is 27.5 Å². The fraction of sp³-hybridized carbons (Fsp3) is 0.188. The number of hydrogen-bond donors (Lipinski definition) is 2. The lowest BCUT2D eigenvalue weighted by Crippen LogP contribution is -2.07. The summed E-state index contributed by atoms with van der Waals surface area (Å²) in [6, 6.07) is 11.5. The molecule has 0 atom stereocenters. The van der Waals surface area contributed by atoms with E-state index in [9.17, 15) is 4.79 Å². The summed E-state index contributed by atoms with van der Waals surface area (Å²) in [5.74, 6) is 0.285. The number of rotatable bonds is 5. The van der Waals surface area contributed by atoms with E-state index < -0.39 is 0 Å². The molecule has 118 valence electrons. The molecule has 3 aromatic rings. The van der Waals surface area contributed by atoms with Crippen LogP contribution in [0.15, 0.2) is 36.4 Å². The van der Waals surface area contributed by atoms with Crippen LogP contribution in [0.25, 0.3) is 11.0 Å². The molecule has 1 aromatic carbocycles. The number of carbonyl (C=O) groups is 1. The molecule has 2 aromatic heterocycles. The summed E-state index contributed by atoms with van der Waals surface area (Å²) in [4.78, 5) is 23.1. The number of esters is 1. The van der Waals surface area contributed by atoms with Crippen LogP contribution in [0.3, 0.4) is 0 Å². The number of carbonyl (C=O) groups excluding carboxylic acids is 1. The number of ether oxygens (including phenoxy) is 1. The number of aromatic nitrogens is 3. The Hall–Kier alpha value is -2.60. The summed E-state index contributed by atoms with van der Waals surface area (Å²) in [7, 11) is 0. The molecule has 0 amide bonds. The summed E-state index contributed by atoms with van der Waals surface area (Å²) in [6.45, 7) is 2.13. The molecule has 0 aliphatic carbocycles. The van der Waals surface area contributed by atoms with E-state index >= 15 is 0 Å². The maximum absolute atomic E-state index is 11.6. The van der Waals surface area contributed by atoms with Crippen molar-refractivity contribution < 1.29 is 9.53 Å². The van der Waals surface area contributed by atoms with Gasteiger partial charge in [-0.3, -0.25) is 4.79 Å². The highest BCUT2D eigenvalue weighted by atomic mass is 35.5. The van der Waals surface area contributed by atoms with E-state index in [1.807, 2.05) is 36.4 Å². The topological polar surface area (TPSA) is 79.9 Å². The van der Waals surface area contributed by atoms with Gasteiger partial charge in [0.1, 0.15) is 11.5 Å². The zero-order chi connectivity index (χ0) is 16.2. The minimum atomic E-state index is -0.296. The first-order chi connectivity index (χ1) is 11.2. The monoisotopic (exact) mass is 330 g/mol. The molecule has 2 N–H and O–H groups in total. The van der Waals surface area contributed by atoms with Crippen molar-refractivity contribution in [2.24, 2.45) is 0 Å². The van der Waals surface area contributed by atoms with E-state index in [-0.39, 0.29) is 17.7 Å². The normalized spacial score (nSPS) is 10.7. The molecule has 0 fully saturated rings. The van der Waals surface area contributed by atoms with E-state index in [1.54, 1.807) is 6.92 Å². The maximum Gasteiger partial charge on any atom is 0.311 e. The second-order valence-corrected chi connectivity index (χ2v) is 5.21. The summed E-state index contributed by atoms with van der Waals surface area (Å²) in [5, 5.41) is 4.09. The fourth-order valence-corrected chi connectivity index (χ4v) is 2.42. The third kappa shape index (κ3) is 3.60. The first kappa shape index (κ1) is 15.3. The molecular weight excluding hydrogens is 316 g/mol. The Balaban J connectivity index is 1.94. The lowest BCUT2D eigenvalue weighted by molar-refractivity contribution is -0.142. The van der Waals surface area contributed by atoms with E-state index in [4.69, 9.17) is 16.3 Å². The number of nitrogens with zero attached hydrogens (tertiary/aromatic N) is 2. The Labute approximate surface area is 137 Å². The molecule has 0 aliphatic rings. The van der Waals surface area contributed by atoms with Crippen molar-refractivity contribution in [1.29, 1.82) is 0 Å². The molecule has 0 saturated heterocycles. The number of aromatic amines is 1. The molecule has 0 radical (unpaired) electrons. The van der Waals surface area contributed by atoms with Crippen molar-refractivity contribution in [3.05, 3.63) is 47.4 Å². The predicted molar refractivity (Wildman–Crippen MR) is 89.0 cm³/mol. The second-order valence-electron chi connectivity index (χ2n) is 4.87. The molecule has 7 heteroatoms. The second kappa shape index (κ2) is 6.66. The molecule has 0 unspecified atom stereocenters. The van der Waals surface area contributed by atoms with Gasteiger partial charge in [-0.15, -0.1) is 0 Å². The standard InChI is InChI=1S/C16H15ClN4O2/c1-2-23-13(22)9-11-8-12-14(18-10-6-4-3-5-7-10)20-16(17)21-15(12)19-11/h3-8H,2,9H2,1H3,(H2,18,19,20,21). The SMILES string of the molecule is CCOC(=O)Cc1cc2c(Nc3ccccc3)nc(Cl)nc2[nH]1. The van der Waals surface area contributed by atoms with Crippen LogP contribution in [-0.2, 0) is 16.0 Å². The molecule has 0 saturated carbocycles. The Bertz CT molecular complexity index is 833. The van der Waals surface area contributed by atoms with Gasteiger partial charge in [-0.05, 0) is 36.7 Å².